The maximum atomic E-state index is 12.5. The van der Waals surface area contributed by atoms with Crippen molar-refractivity contribution in [1.82, 2.24) is 9.55 Å². The molecule has 0 bridgehead atoms. The number of fused-ring (bicyclic) bond motifs is 1. The molecule has 0 atom stereocenters. The topological polar surface area (TPSA) is 90.3 Å². The third-order valence-electron chi connectivity index (χ3n) is 3.74. The standard InChI is InChI=1S/C18H16ClN3O4S/c1-3-26-18(25)16-10(2)6-15(27-16)21-14(23)8-22-9-20-13-5-4-11(19)7-12(13)17(22)24/h4-7,9H,3,8H2,1-2H3,(H,21,23). The van der Waals surface area contributed by atoms with Crippen molar-refractivity contribution < 1.29 is 14.3 Å². The summed E-state index contributed by atoms with van der Waals surface area (Å²) in [5.74, 6) is -0.829. The summed E-state index contributed by atoms with van der Waals surface area (Å²) in [4.78, 5) is 41.3. The predicted molar refractivity (Wildman–Crippen MR) is 105 cm³/mol. The quantitative estimate of drug-likeness (QED) is 0.658. The van der Waals surface area contributed by atoms with Crippen LogP contribution in [0.1, 0.15) is 22.2 Å². The van der Waals surface area contributed by atoms with E-state index < -0.39 is 11.9 Å². The van der Waals surface area contributed by atoms with Crippen LogP contribution in [0.3, 0.4) is 0 Å². The highest BCUT2D eigenvalue weighted by atomic mass is 35.5. The van der Waals surface area contributed by atoms with Gasteiger partial charge in [-0.05, 0) is 43.7 Å². The average molecular weight is 406 g/mol. The van der Waals surface area contributed by atoms with Crippen LogP contribution >= 0.6 is 22.9 Å². The fourth-order valence-corrected chi connectivity index (χ4v) is 3.67. The number of halogens is 1. The van der Waals surface area contributed by atoms with Crippen molar-refractivity contribution in [2.24, 2.45) is 0 Å². The molecule has 2 aromatic heterocycles. The van der Waals surface area contributed by atoms with Gasteiger partial charge >= 0.3 is 5.97 Å². The van der Waals surface area contributed by atoms with Crippen LogP contribution in [0.5, 0.6) is 0 Å². The number of aromatic nitrogens is 2. The van der Waals surface area contributed by atoms with Crippen molar-refractivity contribution in [3.63, 3.8) is 0 Å². The third kappa shape index (κ3) is 4.17. The molecular weight excluding hydrogens is 390 g/mol. The molecule has 0 saturated carbocycles. The Balaban J connectivity index is 1.78. The Hall–Kier alpha value is -2.71. The molecule has 7 nitrogen and oxygen atoms in total. The lowest BCUT2D eigenvalue weighted by Crippen LogP contribution is -2.27. The molecule has 1 aromatic carbocycles. The van der Waals surface area contributed by atoms with E-state index in [0.29, 0.717) is 31.4 Å². The van der Waals surface area contributed by atoms with Crippen LogP contribution in [0.25, 0.3) is 10.9 Å². The third-order valence-corrected chi connectivity index (χ3v) is 5.11. The Morgan fingerprint density at radius 3 is 2.85 bits per heavy atom. The number of rotatable bonds is 5. The zero-order valence-corrected chi connectivity index (χ0v) is 16.2. The van der Waals surface area contributed by atoms with E-state index in [2.05, 4.69) is 10.3 Å². The van der Waals surface area contributed by atoms with E-state index in [1.165, 1.54) is 17.0 Å². The summed E-state index contributed by atoms with van der Waals surface area (Å²) < 4.78 is 6.19. The summed E-state index contributed by atoms with van der Waals surface area (Å²) in [5.41, 5.74) is 0.870. The minimum absolute atomic E-state index is 0.208. The van der Waals surface area contributed by atoms with Gasteiger partial charge in [0.2, 0.25) is 5.91 Å². The fraction of sp³-hybridized carbons (Fsp3) is 0.222. The van der Waals surface area contributed by atoms with Gasteiger partial charge in [-0.2, -0.15) is 0 Å². The Bertz CT molecular complexity index is 1090. The number of aryl methyl sites for hydroxylation is 1. The number of amides is 1. The van der Waals surface area contributed by atoms with E-state index >= 15 is 0 Å². The Kier molecular flexibility index (Phi) is 5.57. The molecule has 1 amide bonds. The SMILES string of the molecule is CCOC(=O)c1sc(NC(=O)Cn2cnc3ccc(Cl)cc3c2=O)cc1C. The van der Waals surface area contributed by atoms with Crippen LogP contribution in [0.4, 0.5) is 5.00 Å². The first-order chi connectivity index (χ1) is 12.9. The lowest BCUT2D eigenvalue weighted by Gasteiger charge is -2.07. The second kappa shape index (κ2) is 7.89. The minimum Gasteiger partial charge on any atom is -0.462 e. The highest BCUT2D eigenvalue weighted by Crippen LogP contribution is 2.27. The van der Waals surface area contributed by atoms with Crippen LogP contribution < -0.4 is 10.9 Å². The largest absolute Gasteiger partial charge is 0.462 e. The number of esters is 1. The minimum atomic E-state index is -0.424. The summed E-state index contributed by atoms with van der Waals surface area (Å²) in [6.07, 6.45) is 1.32. The number of benzene rings is 1. The van der Waals surface area contributed by atoms with Crippen LogP contribution in [0.2, 0.25) is 5.02 Å². The second-order valence-electron chi connectivity index (χ2n) is 5.73. The fourth-order valence-electron chi connectivity index (χ4n) is 2.52. The van der Waals surface area contributed by atoms with E-state index in [1.54, 1.807) is 32.0 Å². The van der Waals surface area contributed by atoms with E-state index in [4.69, 9.17) is 16.3 Å². The molecule has 0 aliphatic heterocycles. The molecular formula is C18H16ClN3O4S. The van der Waals surface area contributed by atoms with Gasteiger partial charge in [0.25, 0.3) is 5.56 Å². The molecule has 0 radical (unpaired) electrons. The summed E-state index contributed by atoms with van der Waals surface area (Å²) in [6.45, 7) is 3.56. The molecule has 3 aromatic rings. The van der Waals surface area contributed by atoms with Gasteiger partial charge in [0.15, 0.2) is 0 Å². The number of hydrogen-bond acceptors (Lipinski definition) is 6. The molecule has 3 rings (SSSR count). The normalized spacial score (nSPS) is 10.8. The van der Waals surface area contributed by atoms with Crippen molar-refractivity contribution >= 4 is 50.7 Å². The molecule has 0 unspecified atom stereocenters. The molecule has 0 aliphatic rings. The van der Waals surface area contributed by atoms with Crippen molar-refractivity contribution in [3.05, 3.63) is 56.4 Å². The van der Waals surface area contributed by atoms with Gasteiger partial charge in [-0.25, -0.2) is 9.78 Å². The smallest absolute Gasteiger partial charge is 0.348 e. The lowest BCUT2D eigenvalue weighted by molar-refractivity contribution is -0.116. The molecule has 0 fully saturated rings. The number of ether oxygens (including phenoxy) is 1. The Morgan fingerprint density at radius 1 is 1.33 bits per heavy atom. The van der Waals surface area contributed by atoms with Gasteiger partial charge in [0, 0.05) is 5.02 Å². The van der Waals surface area contributed by atoms with Gasteiger partial charge < -0.3 is 10.1 Å². The molecule has 0 spiro atoms. The highest BCUT2D eigenvalue weighted by molar-refractivity contribution is 7.18. The van der Waals surface area contributed by atoms with Crippen molar-refractivity contribution in [1.29, 1.82) is 0 Å². The van der Waals surface area contributed by atoms with Crippen molar-refractivity contribution in [2.75, 3.05) is 11.9 Å². The van der Waals surface area contributed by atoms with Crippen molar-refractivity contribution in [3.8, 4) is 0 Å². The van der Waals surface area contributed by atoms with E-state index in [-0.39, 0.29) is 18.7 Å². The average Bonchev–Trinajstić information content (AvgIpc) is 2.98. The Morgan fingerprint density at radius 2 is 2.11 bits per heavy atom. The first kappa shape index (κ1) is 19.1. The number of carbonyl (C=O) groups is 2. The van der Waals surface area contributed by atoms with E-state index in [0.717, 1.165) is 11.3 Å². The molecule has 2 heterocycles. The number of nitrogens with zero attached hydrogens (tertiary/aromatic N) is 2. The van der Waals surface area contributed by atoms with Crippen LogP contribution in [0, 0.1) is 6.92 Å². The van der Waals surface area contributed by atoms with Gasteiger partial charge in [-0.15, -0.1) is 11.3 Å². The lowest BCUT2D eigenvalue weighted by atomic mass is 10.2. The van der Waals surface area contributed by atoms with Gasteiger partial charge in [0.1, 0.15) is 11.4 Å². The summed E-state index contributed by atoms with van der Waals surface area (Å²) in [5, 5.41) is 3.96. The van der Waals surface area contributed by atoms with Gasteiger partial charge in [0.05, 0.1) is 28.8 Å². The zero-order valence-electron chi connectivity index (χ0n) is 14.6. The number of thiophene rings is 1. The molecule has 0 aliphatic carbocycles. The summed E-state index contributed by atoms with van der Waals surface area (Å²) in [6, 6.07) is 6.51. The number of carbonyl (C=O) groups excluding carboxylic acids is 2. The van der Waals surface area contributed by atoms with Gasteiger partial charge in [-0.3, -0.25) is 14.2 Å². The van der Waals surface area contributed by atoms with Crippen LogP contribution in [-0.2, 0) is 16.1 Å². The first-order valence-electron chi connectivity index (χ1n) is 8.11. The predicted octanol–water partition coefficient (Wildman–Crippen LogP) is 3.24. The Labute approximate surface area is 163 Å². The number of hydrogen-bond donors (Lipinski definition) is 1. The monoisotopic (exact) mass is 405 g/mol. The molecule has 1 N–H and O–H groups in total. The number of anilines is 1. The maximum Gasteiger partial charge on any atom is 0.348 e. The van der Waals surface area contributed by atoms with Gasteiger partial charge in [-0.1, -0.05) is 11.6 Å². The van der Waals surface area contributed by atoms with Crippen LogP contribution in [-0.4, -0.2) is 28.0 Å². The van der Waals surface area contributed by atoms with E-state index in [9.17, 15) is 14.4 Å². The van der Waals surface area contributed by atoms with Crippen molar-refractivity contribution in [2.45, 2.75) is 20.4 Å². The summed E-state index contributed by atoms with van der Waals surface area (Å²) >= 11 is 7.06. The zero-order chi connectivity index (χ0) is 19.6. The second-order valence-corrected chi connectivity index (χ2v) is 7.22. The maximum absolute atomic E-state index is 12.5. The van der Waals surface area contributed by atoms with E-state index in [1.807, 2.05) is 0 Å². The molecule has 0 saturated heterocycles. The number of nitrogens with one attached hydrogen (secondary N) is 1. The summed E-state index contributed by atoms with van der Waals surface area (Å²) in [7, 11) is 0. The first-order valence-corrected chi connectivity index (χ1v) is 9.30. The molecule has 27 heavy (non-hydrogen) atoms. The molecule has 9 heteroatoms. The highest BCUT2D eigenvalue weighted by Gasteiger charge is 2.16. The van der Waals surface area contributed by atoms with Crippen LogP contribution in [0.15, 0.2) is 35.4 Å². The molecule has 140 valence electrons.